The van der Waals surface area contributed by atoms with Gasteiger partial charge >= 0.3 is 11.9 Å². The first-order valence-corrected chi connectivity index (χ1v) is 28.5. The van der Waals surface area contributed by atoms with Crippen molar-refractivity contribution in [2.75, 3.05) is 33.0 Å². The maximum atomic E-state index is 14.0. The number of nitrogens with two attached hydrogens (primary N) is 2. The molecule has 2 aromatic rings. The summed E-state index contributed by atoms with van der Waals surface area (Å²) in [4.78, 5) is 119. The summed E-state index contributed by atoms with van der Waals surface area (Å²) in [7, 11) is 0. The first kappa shape index (κ1) is 68.6. The van der Waals surface area contributed by atoms with E-state index in [1.807, 2.05) is 58.0 Å². The average molecular weight is 1140 g/mol. The summed E-state index contributed by atoms with van der Waals surface area (Å²) in [6, 6.07) is 9.38. The number of carboxylic acid groups (broad SMARTS) is 2. The van der Waals surface area contributed by atoms with Gasteiger partial charge in [-0.2, -0.15) is 0 Å². The van der Waals surface area contributed by atoms with Crippen LogP contribution in [0.4, 0.5) is 0 Å². The fourth-order valence-electron chi connectivity index (χ4n) is 9.25. The van der Waals surface area contributed by atoms with Crippen LogP contribution in [0.2, 0.25) is 0 Å². The van der Waals surface area contributed by atoms with Gasteiger partial charge < -0.3 is 73.5 Å². The van der Waals surface area contributed by atoms with E-state index in [2.05, 4.69) is 37.2 Å². The highest BCUT2D eigenvalue weighted by Gasteiger charge is 2.29. The lowest BCUT2D eigenvalue weighted by Gasteiger charge is -2.26. The summed E-state index contributed by atoms with van der Waals surface area (Å²) >= 11 is 0. The number of amides is 7. The number of nitrogens with one attached hydrogen (secondary N) is 7. The van der Waals surface area contributed by atoms with Crippen LogP contribution in [0.1, 0.15) is 142 Å². The van der Waals surface area contributed by atoms with Gasteiger partial charge in [-0.15, -0.1) is 0 Å². The quantitative estimate of drug-likeness (QED) is 0.0545. The number of unbranched alkanes of at least 4 members (excludes halogenated alkanes) is 1. The van der Waals surface area contributed by atoms with Gasteiger partial charge in [0.05, 0.1) is 31.7 Å². The number of aliphatic carboxylic acids is 2. The third-order valence-electron chi connectivity index (χ3n) is 14.1. The number of benzene rings is 2. The van der Waals surface area contributed by atoms with Crippen molar-refractivity contribution in [3.63, 3.8) is 0 Å². The Morgan fingerprint density at radius 2 is 1.26 bits per heavy atom. The lowest BCUT2D eigenvalue weighted by atomic mass is 9.95. The van der Waals surface area contributed by atoms with Crippen molar-refractivity contribution in [3.05, 3.63) is 65.7 Å². The minimum absolute atomic E-state index is 0.0146. The van der Waals surface area contributed by atoms with Crippen LogP contribution in [0.5, 0.6) is 5.75 Å². The third kappa shape index (κ3) is 30.6. The van der Waals surface area contributed by atoms with Gasteiger partial charge in [0.2, 0.25) is 41.4 Å². The summed E-state index contributed by atoms with van der Waals surface area (Å²) in [6.45, 7) is 8.14. The van der Waals surface area contributed by atoms with E-state index in [1.165, 1.54) is 12.1 Å². The molecule has 452 valence electrons. The van der Waals surface area contributed by atoms with Crippen LogP contribution in [0.15, 0.2) is 54.6 Å². The van der Waals surface area contributed by atoms with E-state index in [0.29, 0.717) is 50.6 Å². The number of hydrogen-bond acceptors (Lipinski definition) is 14. The minimum Gasteiger partial charge on any atom is -0.508 e. The predicted molar refractivity (Wildman–Crippen MR) is 303 cm³/mol. The molecule has 9 atom stereocenters. The molecule has 0 aliphatic carbocycles. The molecule has 0 saturated carbocycles. The second-order valence-electron chi connectivity index (χ2n) is 21.7. The van der Waals surface area contributed by atoms with Crippen molar-refractivity contribution >= 4 is 53.3 Å². The van der Waals surface area contributed by atoms with Gasteiger partial charge in [0.1, 0.15) is 5.75 Å². The Balaban J connectivity index is 1.89. The van der Waals surface area contributed by atoms with Crippen molar-refractivity contribution in [3.8, 4) is 5.75 Å². The van der Waals surface area contributed by atoms with Crippen molar-refractivity contribution in [2.45, 2.75) is 192 Å². The largest absolute Gasteiger partial charge is 0.508 e. The van der Waals surface area contributed by atoms with Crippen LogP contribution >= 0.6 is 0 Å². The normalized spacial score (nSPS) is 20.1. The van der Waals surface area contributed by atoms with E-state index < -0.39 is 96.1 Å². The molecule has 0 aromatic heterocycles. The zero-order chi connectivity index (χ0) is 59.7. The number of carboxylic acids is 2. The molecule has 14 N–H and O–H groups in total. The van der Waals surface area contributed by atoms with E-state index in [1.54, 1.807) is 12.1 Å². The molecule has 1 saturated heterocycles. The molecule has 1 heterocycles. The van der Waals surface area contributed by atoms with Gasteiger partial charge in [-0.05, 0) is 86.6 Å². The average Bonchev–Trinajstić information content (AvgIpc) is 3.39. The molecule has 3 rings (SSSR count). The van der Waals surface area contributed by atoms with Crippen LogP contribution in [-0.4, -0.2) is 150 Å². The molecular formula is C58H91N9O14. The summed E-state index contributed by atoms with van der Waals surface area (Å²) in [6.07, 6.45) is 1.45. The Morgan fingerprint density at radius 1 is 0.667 bits per heavy atom. The van der Waals surface area contributed by atoms with Crippen LogP contribution in [0, 0.1) is 11.8 Å². The van der Waals surface area contributed by atoms with E-state index in [0.717, 1.165) is 5.56 Å². The number of phenols is 1. The number of carbonyl (C=O) groups is 9. The Hall–Kier alpha value is -6.69. The van der Waals surface area contributed by atoms with Crippen LogP contribution < -0.4 is 48.7 Å². The van der Waals surface area contributed by atoms with E-state index in [-0.39, 0.29) is 127 Å². The Kier molecular flexibility index (Phi) is 32.3. The number of rotatable bonds is 28. The van der Waals surface area contributed by atoms with Gasteiger partial charge in [0.15, 0.2) is 0 Å². The molecule has 2 aromatic carbocycles. The zero-order valence-electron chi connectivity index (χ0n) is 47.7. The highest BCUT2D eigenvalue weighted by molar-refractivity contribution is 5.84. The maximum Gasteiger partial charge on any atom is 0.305 e. The van der Waals surface area contributed by atoms with Gasteiger partial charge in [-0.1, -0.05) is 83.0 Å². The van der Waals surface area contributed by atoms with Crippen LogP contribution in [-0.2, 0) is 65.5 Å². The topological polar surface area (TPSA) is 369 Å². The molecule has 1 unspecified atom stereocenters. The molecule has 0 bridgehead atoms. The standard InChI is InChI=1S/C58H91N9O14/c1-5-38(4)49(34-58(78)79)67-55(74)30-44(26-40-16-19-47(68)20-17-40)64-54(73)32-46-36-81-24-12-11-23-80-35-45(65-50(69)27-41(15-9-10-22-59)61-56(75)33-48(60)37(2)3)31-53(72)63-43(25-39-13-7-6-8-14-39)29-52(71)62-42(18-21-57(76)77)28-51(70)66-46/h6-8,13-14,16-17,19-20,37-38,41-46,48-49,68H,5,9-12,15,18,21-36,59-60H2,1-4H3,(H,61,75)(H,62,71)(H,63,72)(H,64,73)(H,65,69)(H,66,70)(H,67,74)(H,76,77)(H,78,79)/t38-,41-,42-,43-,44-,45+,46?,48+,49+/m0/s1. The molecule has 0 spiro atoms. The number of aromatic hydroxyl groups is 1. The zero-order valence-corrected chi connectivity index (χ0v) is 47.7. The van der Waals surface area contributed by atoms with E-state index in [9.17, 15) is 58.5 Å². The molecule has 0 radical (unpaired) electrons. The molecule has 81 heavy (non-hydrogen) atoms. The fourth-order valence-corrected chi connectivity index (χ4v) is 9.25. The molecule has 7 amide bonds. The molecule has 1 aliphatic rings. The monoisotopic (exact) mass is 1140 g/mol. The van der Waals surface area contributed by atoms with Gasteiger partial charge in [0, 0.05) is 101 Å². The Labute approximate surface area is 476 Å². The second-order valence-corrected chi connectivity index (χ2v) is 21.7. The number of carbonyl (C=O) groups excluding carboxylic acids is 7. The number of ether oxygens (including phenoxy) is 2. The summed E-state index contributed by atoms with van der Waals surface area (Å²) in [5, 5.41) is 49.3. The molecule has 1 aliphatic heterocycles. The lowest BCUT2D eigenvalue weighted by Crippen LogP contribution is -2.49. The van der Waals surface area contributed by atoms with E-state index in [4.69, 9.17) is 20.9 Å². The molecule has 23 nitrogen and oxygen atoms in total. The highest BCUT2D eigenvalue weighted by Crippen LogP contribution is 2.17. The number of hydrogen-bond donors (Lipinski definition) is 12. The van der Waals surface area contributed by atoms with Crippen molar-refractivity contribution in [2.24, 2.45) is 23.3 Å². The summed E-state index contributed by atoms with van der Waals surface area (Å²) < 4.78 is 12.0. The minimum atomic E-state index is -1.17. The van der Waals surface area contributed by atoms with E-state index >= 15 is 0 Å². The first-order chi connectivity index (χ1) is 38.6. The SMILES string of the molecule is CC[C@H](C)[C@@H](CC(=O)O)NC(=O)C[C@H](Cc1ccc(O)cc1)NC(=O)CC1COCCCCOC[C@H](NC(=O)C[C@H](CCCCN)NC(=O)C[C@@H](N)C(C)C)CC(=O)N[C@@H](Cc2ccccc2)CC(=O)N[C@@H](CCC(=O)O)CC(=O)N1. The molecule has 1 fully saturated rings. The summed E-state index contributed by atoms with van der Waals surface area (Å²) in [5.74, 6) is -5.79. The molecule has 23 heteroatoms. The second kappa shape index (κ2) is 38.1. The van der Waals surface area contributed by atoms with Gasteiger partial charge in [-0.3, -0.25) is 43.2 Å². The fraction of sp³-hybridized carbons (Fsp3) is 0.638. The third-order valence-corrected chi connectivity index (χ3v) is 14.1. The van der Waals surface area contributed by atoms with Crippen LogP contribution in [0.3, 0.4) is 0 Å². The summed E-state index contributed by atoms with van der Waals surface area (Å²) in [5.41, 5.74) is 13.4. The maximum absolute atomic E-state index is 14.0. The Morgan fingerprint density at radius 3 is 1.89 bits per heavy atom. The Bertz CT molecular complexity index is 2270. The van der Waals surface area contributed by atoms with Gasteiger partial charge in [-0.25, -0.2) is 0 Å². The smallest absolute Gasteiger partial charge is 0.305 e. The molecular weight excluding hydrogens is 1050 g/mol. The predicted octanol–water partition coefficient (Wildman–Crippen LogP) is 2.63. The number of phenolic OH excluding ortho intramolecular Hbond substituents is 1. The lowest BCUT2D eigenvalue weighted by molar-refractivity contribution is -0.139. The van der Waals surface area contributed by atoms with Crippen molar-refractivity contribution < 1.29 is 67.9 Å². The highest BCUT2D eigenvalue weighted by atomic mass is 16.5. The van der Waals surface area contributed by atoms with Gasteiger partial charge in [0.25, 0.3) is 0 Å². The van der Waals surface area contributed by atoms with Crippen LogP contribution in [0.25, 0.3) is 0 Å². The first-order valence-electron chi connectivity index (χ1n) is 28.5. The van der Waals surface area contributed by atoms with Crippen molar-refractivity contribution in [1.82, 2.24) is 37.2 Å². The van der Waals surface area contributed by atoms with Crippen molar-refractivity contribution in [1.29, 1.82) is 0 Å².